The maximum absolute atomic E-state index is 15.5. The Bertz CT molecular complexity index is 1220. The number of fused-ring (bicyclic) bond motifs is 1. The molecule has 0 unspecified atom stereocenters. The highest BCUT2D eigenvalue weighted by molar-refractivity contribution is 9.10. The molecule has 2 saturated heterocycles. The summed E-state index contributed by atoms with van der Waals surface area (Å²) in [5.41, 5.74) is 6.41. The lowest BCUT2D eigenvalue weighted by Crippen LogP contribution is -2.51. The van der Waals surface area contributed by atoms with E-state index in [9.17, 15) is 4.79 Å². The van der Waals surface area contributed by atoms with Crippen LogP contribution in [0.25, 0.3) is 16.9 Å². The van der Waals surface area contributed by atoms with Gasteiger partial charge in [0.05, 0.1) is 12.2 Å². The van der Waals surface area contributed by atoms with Gasteiger partial charge in [-0.25, -0.2) is 23.5 Å². The molecule has 34 heavy (non-hydrogen) atoms. The van der Waals surface area contributed by atoms with Crippen LogP contribution in [0.2, 0.25) is 0 Å². The molecule has 2 aliphatic heterocycles. The Balaban J connectivity index is 1.46. The van der Waals surface area contributed by atoms with Gasteiger partial charge in [0, 0.05) is 11.0 Å². The number of rotatable bonds is 5. The molecular weight excluding hydrogens is 508 g/mol. The molecule has 5 rings (SSSR count). The zero-order chi connectivity index (χ0) is 23.9. The van der Waals surface area contributed by atoms with Crippen molar-refractivity contribution >= 4 is 32.9 Å². The van der Waals surface area contributed by atoms with Crippen LogP contribution in [-0.2, 0) is 0 Å². The first kappa shape index (κ1) is 23.4. The Morgan fingerprint density at radius 2 is 1.88 bits per heavy atom. The number of nitrogens with zero attached hydrogens (tertiary/aromatic N) is 5. The van der Waals surface area contributed by atoms with Gasteiger partial charge in [0.15, 0.2) is 11.5 Å². The van der Waals surface area contributed by atoms with Gasteiger partial charge in [-0.2, -0.15) is 0 Å². The van der Waals surface area contributed by atoms with Crippen molar-refractivity contribution in [1.82, 2.24) is 29.3 Å². The van der Waals surface area contributed by atoms with Crippen molar-refractivity contribution in [3.8, 4) is 5.69 Å². The van der Waals surface area contributed by atoms with Crippen molar-refractivity contribution in [2.45, 2.75) is 37.6 Å². The van der Waals surface area contributed by atoms with Crippen LogP contribution in [0.15, 0.2) is 39.9 Å². The summed E-state index contributed by atoms with van der Waals surface area (Å²) in [5.74, 6) is -2.43. The predicted octanol–water partition coefficient (Wildman–Crippen LogP) is 3.20. The number of anilines is 1. The van der Waals surface area contributed by atoms with Crippen molar-refractivity contribution < 1.29 is 8.78 Å². The fourth-order valence-electron chi connectivity index (χ4n) is 5.22. The molecule has 0 spiro atoms. The van der Waals surface area contributed by atoms with E-state index in [1.165, 1.54) is 10.9 Å². The van der Waals surface area contributed by atoms with Gasteiger partial charge in [0.1, 0.15) is 17.9 Å². The summed E-state index contributed by atoms with van der Waals surface area (Å²) in [5, 5.41) is 3.34. The van der Waals surface area contributed by atoms with Gasteiger partial charge in [0.25, 0.3) is 5.92 Å². The summed E-state index contributed by atoms with van der Waals surface area (Å²) in [6, 6.07) is 5.71. The zero-order valence-electron chi connectivity index (χ0n) is 18.8. The van der Waals surface area contributed by atoms with Crippen molar-refractivity contribution in [2.24, 2.45) is 5.92 Å². The summed E-state index contributed by atoms with van der Waals surface area (Å²) in [6.07, 6.45) is 4.49. The molecule has 2 aliphatic rings. The maximum Gasteiger partial charge on any atom is 0.335 e. The van der Waals surface area contributed by atoms with Crippen LogP contribution < -0.4 is 16.7 Å². The first-order chi connectivity index (χ1) is 16.3. The van der Waals surface area contributed by atoms with Gasteiger partial charge >= 0.3 is 5.69 Å². The number of benzene rings is 1. The molecule has 1 aromatic carbocycles. The molecule has 1 atom stereocenters. The lowest BCUT2D eigenvalue weighted by atomic mass is 9.93. The van der Waals surface area contributed by atoms with E-state index < -0.39 is 17.7 Å². The van der Waals surface area contributed by atoms with E-state index in [1.807, 2.05) is 4.90 Å². The largest absolute Gasteiger partial charge is 0.382 e. The molecular formula is C23H28BrF2N7O. The van der Waals surface area contributed by atoms with Crippen LogP contribution in [0.3, 0.4) is 0 Å². The lowest BCUT2D eigenvalue weighted by molar-refractivity contribution is -0.104. The van der Waals surface area contributed by atoms with Gasteiger partial charge < -0.3 is 11.1 Å². The number of hydrogen-bond donors (Lipinski definition) is 2. The maximum atomic E-state index is 15.5. The molecule has 3 N–H and O–H groups in total. The summed E-state index contributed by atoms with van der Waals surface area (Å²) in [6.45, 7) is 2.78. The monoisotopic (exact) mass is 535 g/mol. The van der Waals surface area contributed by atoms with Crippen LogP contribution in [-0.4, -0.2) is 62.6 Å². The smallest absolute Gasteiger partial charge is 0.335 e. The first-order valence-electron chi connectivity index (χ1n) is 11.7. The Morgan fingerprint density at radius 3 is 2.59 bits per heavy atom. The summed E-state index contributed by atoms with van der Waals surface area (Å²) in [7, 11) is 0. The molecule has 4 heterocycles. The van der Waals surface area contributed by atoms with Crippen LogP contribution in [0.5, 0.6) is 0 Å². The first-order valence-corrected chi connectivity index (χ1v) is 12.4. The Labute approximate surface area is 204 Å². The molecule has 8 nitrogen and oxygen atoms in total. The van der Waals surface area contributed by atoms with E-state index in [0.717, 1.165) is 41.4 Å². The van der Waals surface area contributed by atoms with E-state index in [-0.39, 0.29) is 29.9 Å². The number of hydrogen-bond acceptors (Lipinski definition) is 6. The molecule has 11 heteroatoms. The average Bonchev–Trinajstić information content (AvgIpc) is 3.11. The Hall–Kier alpha value is -2.37. The topological polar surface area (TPSA) is 94.0 Å². The normalized spacial score (nSPS) is 21.8. The number of nitrogens with two attached hydrogens (primary N) is 1. The second-order valence-electron chi connectivity index (χ2n) is 9.22. The van der Waals surface area contributed by atoms with Gasteiger partial charge in [0.2, 0.25) is 0 Å². The predicted molar refractivity (Wildman–Crippen MR) is 130 cm³/mol. The Kier molecular flexibility index (Phi) is 6.43. The highest BCUT2D eigenvalue weighted by Gasteiger charge is 2.47. The lowest BCUT2D eigenvalue weighted by Gasteiger charge is -2.39. The molecule has 0 bridgehead atoms. The molecule has 0 saturated carbocycles. The summed E-state index contributed by atoms with van der Waals surface area (Å²) >= 11 is 3.38. The molecule has 0 amide bonds. The standard InChI is InChI=1S/C23H28BrF2N7O/c24-16-1-3-17(4-2-16)32-19-20(27)29-14-30-21(19)33(22(32)34)18-8-12-31(13-23(18,25)26)11-7-15-5-9-28-10-6-15/h1-4,14-15,18,28H,5-13H2,(H2,27,29,30)/t18-/m0/s1. The zero-order valence-corrected chi connectivity index (χ0v) is 20.3. The third kappa shape index (κ3) is 4.36. The van der Waals surface area contributed by atoms with Crippen LogP contribution in [0.4, 0.5) is 14.6 Å². The van der Waals surface area contributed by atoms with Crippen LogP contribution >= 0.6 is 15.9 Å². The van der Waals surface area contributed by atoms with Crippen molar-refractivity contribution in [2.75, 3.05) is 38.5 Å². The van der Waals surface area contributed by atoms with Crippen molar-refractivity contribution in [1.29, 1.82) is 0 Å². The van der Waals surface area contributed by atoms with E-state index in [2.05, 4.69) is 31.2 Å². The molecule has 0 aliphatic carbocycles. The minimum atomic E-state index is -3.09. The third-order valence-electron chi connectivity index (χ3n) is 7.03. The van der Waals surface area contributed by atoms with Gasteiger partial charge in [-0.15, -0.1) is 0 Å². The number of imidazole rings is 1. The number of nitrogen functional groups attached to an aromatic ring is 1. The second kappa shape index (κ2) is 9.35. The Morgan fingerprint density at radius 1 is 1.15 bits per heavy atom. The van der Waals surface area contributed by atoms with Crippen molar-refractivity contribution in [3.63, 3.8) is 0 Å². The summed E-state index contributed by atoms with van der Waals surface area (Å²) < 4.78 is 34.4. The van der Waals surface area contributed by atoms with Crippen LogP contribution in [0, 0.1) is 5.92 Å². The van der Waals surface area contributed by atoms with Crippen LogP contribution in [0.1, 0.15) is 31.7 Å². The minimum Gasteiger partial charge on any atom is -0.382 e. The van der Waals surface area contributed by atoms with E-state index in [0.29, 0.717) is 24.7 Å². The molecule has 182 valence electrons. The number of alkyl halides is 2. The van der Waals surface area contributed by atoms with E-state index >= 15 is 8.78 Å². The molecule has 3 aromatic rings. The number of piperidine rings is 2. The summed E-state index contributed by atoms with van der Waals surface area (Å²) in [4.78, 5) is 23.6. The highest BCUT2D eigenvalue weighted by atomic mass is 79.9. The van der Waals surface area contributed by atoms with Gasteiger partial charge in [-0.05, 0) is 75.5 Å². The van der Waals surface area contributed by atoms with Crippen molar-refractivity contribution in [3.05, 3.63) is 45.5 Å². The second-order valence-corrected chi connectivity index (χ2v) is 10.1. The molecule has 2 aromatic heterocycles. The SMILES string of the molecule is Nc1ncnc2c1n(-c1ccc(Br)cc1)c(=O)n2[C@H]1CCN(CCC2CCNCC2)CC1(F)F. The number of halogens is 3. The molecule has 2 fully saturated rings. The number of likely N-dealkylation sites (tertiary alicyclic amines) is 1. The fourth-order valence-corrected chi connectivity index (χ4v) is 5.49. The quantitative estimate of drug-likeness (QED) is 0.521. The minimum absolute atomic E-state index is 0.0755. The fraction of sp³-hybridized carbons (Fsp3) is 0.522. The molecule has 0 radical (unpaired) electrons. The number of aromatic nitrogens is 4. The van der Waals surface area contributed by atoms with Gasteiger partial charge in [-0.1, -0.05) is 15.9 Å². The number of nitrogens with one attached hydrogen (secondary N) is 1. The third-order valence-corrected chi connectivity index (χ3v) is 7.56. The van der Waals surface area contributed by atoms with Gasteiger partial charge in [-0.3, -0.25) is 14.0 Å². The van der Waals surface area contributed by atoms with E-state index in [1.54, 1.807) is 24.3 Å². The average molecular weight is 536 g/mol. The highest BCUT2D eigenvalue weighted by Crippen LogP contribution is 2.38. The van der Waals surface area contributed by atoms with E-state index in [4.69, 9.17) is 5.73 Å².